The van der Waals surface area contributed by atoms with E-state index < -0.39 is 23.5 Å². The molecule has 2 bridgehead atoms. The fourth-order valence-electron chi connectivity index (χ4n) is 8.04. The van der Waals surface area contributed by atoms with Gasteiger partial charge in [-0.25, -0.2) is 0 Å². The lowest BCUT2D eigenvalue weighted by molar-refractivity contribution is -0.116. The van der Waals surface area contributed by atoms with Crippen molar-refractivity contribution in [2.45, 2.75) is 57.3 Å². The van der Waals surface area contributed by atoms with Crippen LogP contribution in [0.1, 0.15) is 61.2 Å². The second-order valence-electron chi connectivity index (χ2n) is 11.2. The summed E-state index contributed by atoms with van der Waals surface area (Å²) < 4.78 is 5.96. The van der Waals surface area contributed by atoms with Crippen molar-refractivity contribution in [2.24, 2.45) is 41.4 Å². The van der Waals surface area contributed by atoms with Crippen molar-refractivity contribution in [1.82, 2.24) is 10.3 Å². The van der Waals surface area contributed by atoms with Crippen LogP contribution in [-0.4, -0.2) is 50.7 Å². The Morgan fingerprint density at radius 3 is 2.66 bits per heavy atom. The SMILES string of the molecule is CC1C2OC2C2CC3C4CC=CC(=O)NCCC(O)c5[nH]c(O)c(c5O)C(=O)C=CC4CCC3C12. The number of H-pyrrole nitrogens is 1. The molecule has 4 fully saturated rings. The molecule has 1 amide bonds. The van der Waals surface area contributed by atoms with Crippen LogP contribution in [0, 0.1) is 41.4 Å². The average Bonchev–Trinajstić information content (AvgIpc) is 3.33. The molecule has 8 nitrogen and oxygen atoms in total. The van der Waals surface area contributed by atoms with Crippen molar-refractivity contribution in [2.75, 3.05) is 6.54 Å². The molecule has 188 valence electrons. The van der Waals surface area contributed by atoms with Gasteiger partial charge in [-0.05, 0) is 85.7 Å². The Morgan fingerprint density at radius 1 is 1.00 bits per heavy atom. The number of nitrogens with one attached hydrogen (secondary N) is 2. The molecule has 3 aliphatic carbocycles. The summed E-state index contributed by atoms with van der Waals surface area (Å²) >= 11 is 0. The van der Waals surface area contributed by atoms with E-state index in [4.69, 9.17) is 4.74 Å². The summed E-state index contributed by atoms with van der Waals surface area (Å²) in [6.45, 7) is 2.53. The van der Waals surface area contributed by atoms with Crippen LogP contribution >= 0.6 is 0 Å². The van der Waals surface area contributed by atoms with Gasteiger partial charge in [0, 0.05) is 6.54 Å². The molecule has 0 aromatic carbocycles. The highest BCUT2D eigenvalue weighted by Gasteiger charge is 2.66. The van der Waals surface area contributed by atoms with Gasteiger partial charge in [0.15, 0.2) is 11.5 Å². The van der Waals surface area contributed by atoms with Crippen LogP contribution < -0.4 is 5.32 Å². The number of carbonyl (C=O) groups excluding carboxylic acids is 2. The second kappa shape index (κ2) is 8.52. The summed E-state index contributed by atoms with van der Waals surface area (Å²) in [5, 5.41) is 34.0. The van der Waals surface area contributed by atoms with Crippen LogP contribution in [0.15, 0.2) is 24.3 Å². The predicted octanol–water partition coefficient (Wildman–Crippen LogP) is 2.98. The maximum absolute atomic E-state index is 13.0. The lowest BCUT2D eigenvalue weighted by atomic mass is 9.64. The van der Waals surface area contributed by atoms with Gasteiger partial charge in [-0.15, -0.1) is 0 Å². The van der Waals surface area contributed by atoms with Gasteiger partial charge in [-0.2, -0.15) is 0 Å². The molecular weight excluding hydrogens is 448 g/mol. The number of amides is 1. The van der Waals surface area contributed by atoms with Crippen molar-refractivity contribution in [3.05, 3.63) is 35.6 Å². The number of allylic oxidation sites excluding steroid dienone is 3. The number of ketones is 1. The molecule has 0 spiro atoms. The number of fused-ring (bicyclic) bond motifs is 9. The van der Waals surface area contributed by atoms with E-state index >= 15 is 0 Å². The molecule has 3 saturated carbocycles. The molecule has 35 heavy (non-hydrogen) atoms. The highest BCUT2D eigenvalue weighted by molar-refractivity contribution is 6.08. The number of hydrogen-bond donors (Lipinski definition) is 5. The Kier molecular flexibility index (Phi) is 5.56. The van der Waals surface area contributed by atoms with Gasteiger partial charge in [-0.1, -0.05) is 19.1 Å². The summed E-state index contributed by atoms with van der Waals surface area (Å²) in [7, 11) is 0. The van der Waals surface area contributed by atoms with Crippen molar-refractivity contribution in [3.8, 4) is 11.6 Å². The highest BCUT2D eigenvalue weighted by atomic mass is 16.6. The average molecular weight is 483 g/mol. The third-order valence-electron chi connectivity index (χ3n) is 9.58. The zero-order chi connectivity index (χ0) is 24.4. The van der Waals surface area contributed by atoms with Crippen molar-refractivity contribution in [1.29, 1.82) is 0 Å². The van der Waals surface area contributed by atoms with Gasteiger partial charge in [0.05, 0.1) is 24.0 Å². The largest absolute Gasteiger partial charge is 0.505 e. The van der Waals surface area contributed by atoms with Gasteiger partial charge in [0.2, 0.25) is 11.8 Å². The topological polar surface area (TPSA) is 135 Å². The first-order valence-corrected chi connectivity index (χ1v) is 13.0. The van der Waals surface area contributed by atoms with E-state index in [1.807, 2.05) is 12.2 Å². The number of aliphatic hydroxyl groups is 1. The van der Waals surface area contributed by atoms with Crippen LogP contribution in [0.4, 0.5) is 0 Å². The molecule has 2 aliphatic heterocycles. The molecule has 0 radical (unpaired) electrons. The summed E-state index contributed by atoms with van der Waals surface area (Å²) in [4.78, 5) is 27.9. The fourth-order valence-corrected chi connectivity index (χ4v) is 8.04. The first kappa shape index (κ1) is 22.9. The Morgan fingerprint density at radius 2 is 1.83 bits per heavy atom. The fraction of sp³-hybridized carbons (Fsp3) is 0.630. The molecule has 1 aromatic rings. The van der Waals surface area contributed by atoms with E-state index in [-0.39, 0.29) is 36.0 Å². The van der Waals surface area contributed by atoms with E-state index in [2.05, 4.69) is 17.2 Å². The van der Waals surface area contributed by atoms with Gasteiger partial charge < -0.3 is 30.4 Å². The van der Waals surface area contributed by atoms with Crippen molar-refractivity contribution in [3.63, 3.8) is 0 Å². The van der Waals surface area contributed by atoms with Crippen LogP contribution in [-0.2, 0) is 9.53 Å². The molecule has 8 heteroatoms. The highest BCUT2D eigenvalue weighted by Crippen LogP contribution is 2.65. The number of carbonyl (C=O) groups is 2. The van der Waals surface area contributed by atoms with Crippen LogP contribution in [0.25, 0.3) is 0 Å². The van der Waals surface area contributed by atoms with E-state index in [1.54, 1.807) is 6.08 Å². The van der Waals surface area contributed by atoms with Crippen molar-refractivity contribution >= 4 is 11.7 Å². The minimum atomic E-state index is -1.16. The van der Waals surface area contributed by atoms with E-state index in [9.17, 15) is 24.9 Å². The number of aromatic amines is 1. The van der Waals surface area contributed by atoms with E-state index in [0.717, 1.165) is 25.7 Å². The summed E-state index contributed by atoms with van der Waals surface area (Å²) in [6.07, 6.45) is 10.7. The second-order valence-corrected chi connectivity index (χ2v) is 11.2. The van der Waals surface area contributed by atoms with Crippen LogP contribution in [0.5, 0.6) is 11.6 Å². The monoisotopic (exact) mass is 482 g/mol. The van der Waals surface area contributed by atoms with E-state index in [1.165, 1.54) is 6.08 Å². The minimum Gasteiger partial charge on any atom is -0.505 e. The van der Waals surface area contributed by atoms with Gasteiger partial charge in [0.1, 0.15) is 5.56 Å². The normalized spacial score (nSPS) is 42.7. The first-order valence-electron chi connectivity index (χ1n) is 13.0. The number of aromatic hydroxyl groups is 2. The molecule has 3 heterocycles. The lowest BCUT2D eigenvalue weighted by Crippen LogP contribution is -2.34. The van der Waals surface area contributed by atoms with Crippen LogP contribution in [0.3, 0.4) is 0 Å². The quantitative estimate of drug-likeness (QED) is 0.361. The van der Waals surface area contributed by atoms with Gasteiger partial charge >= 0.3 is 0 Å². The lowest BCUT2D eigenvalue weighted by Gasteiger charge is -2.41. The Bertz CT molecular complexity index is 1090. The third kappa shape index (κ3) is 3.73. The smallest absolute Gasteiger partial charge is 0.243 e. The summed E-state index contributed by atoms with van der Waals surface area (Å²) in [6, 6.07) is 0. The van der Waals surface area contributed by atoms with Crippen LogP contribution in [0.2, 0.25) is 0 Å². The number of aromatic nitrogens is 1. The summed E-state index contributed by atoms with van der Waals surface area (Å²) in [5.41, 5.74) is -0.251. The van der Waals surface area contributed by atoms with Crippen molar-refractivity contribution < 1.29 is 29.6 Å². The summed E-state index contributed by atoms with van der Waals surface area (Å²) in [5.74, 6) is 1.99. The third-order valence-corrected chi connectivity index (χ3v) is 9.58. The molecule has 5 N–H and O–H groups in total. The predicted molar refractivity (Wildman–Crippen MR) is 127 cm³/mol. The maximum Gasteiger partial charge on any atom is 0.243 e. The number of aliphatic hydroxyl groups excluding tert-OH is 1. The maximum atomic E-state index is 13.0. The first-order chi connectivity index (χ1) is 16.8. The molecule has 6 rings (SSSR count). The Labute approximate surface area is 204 Å². The molecule has 10 unspecified atom stereocenters. The minimum absolute atomic E-state index is 0.0262. The number of epoxide rings is 1. The molecule has 10 atom stereocenters. The zero-order valence-corrected chi connectivity index (χ0v) is 19.9. The standard InChI is InChI=1S/C27H34N2O6/c1-12-21-15-7-5-13-6-8-18(30)22-24(33)23(29-27(22)34)19(31)9-10-28-20(32)4-2-3-14(13)16(15)11-17(21)26-25(12)35-26/h2,4,6,8,12-17,19,21,25-26,29,31,33-34H,3,5,7,9-11H2,1H3,(H,28,32). The van der Waals surface area contributed by atoms with Gasteiger partial charge in [-0.3, -0.25) is 9.59 Å². The number of ether oxygens (including phenoxy) is 1. The Hall–Kier alpha value is -2.58. The molecule has 1 saturated heterocycles. The van der Waals surface area contributed by atoms with Gasteiger partial charge in [0.25, 0.3) is 0 Å². The Balaban J connectivity index is 1.31. The molecular formula is C27H34N2O6. The zero-order valence-electron chi connectivity index (χ0n) is 19.9. The molecule has 5 aliphatic rings. The number of rotatable bonds is 0. The number of hydrogen-bond acceptors (Lipinski definition) is 6. The van der Waals surface area contributed by atoms with E-state index in [0.29, 0.717) is 47.7 Å². The molecule has 1 aromatic heterocycles.